The van der Waals surface area contributed by atoms with Crippen molar-refractivity contribution in [3.63, 3.8) is 0 Å². The summed E-state index contributed by atoms with van der Waals surface area (Å²) < 4.78 is 27.1. The molecule has 2 aromatic rings. The van der Waals surface area contributed by atoms with Gasteiger partial charge < -0.3 is 4.90 Å². The van der Waals surface area contributed by atoms with Crippen molar-refractivity contribution in [2.45, 2.75) is 31.2 Å². The maximum Gasteiger partial charge on any atom is 0.240 e. The lowest BCUT2D eigenvalue weighted by molar-refractivity contribution is 0.447. The van der Waals surface area contributed by atoms with E-state index in [-0.39, 0.29) is 0 Å². The van der Waals surface area contributed by atoms with Gasteiger partial charge in [0.2, 0.25) is 10.0 Å². The molecule has 0 aliphatic carbocycles. The fourth-order valence-electron chi connectivity index (χ4n) is 3.11. The maximum absolute atomic E-state index is 12.2. The van der Waals surface area contributed by atoms with Crippen LogP contribution in [0.25, 0.3) is 0 Å². The van der Waals surface area contributed by atoms with Crippen molar-refractivity contribution in [2.24, 2.45) is 5.92 Å². The molecule has 24 heavy (non-hydrogen) atoms. The lowest BCUT2D eigenvalue weighted by atomic mass is 9.99. The van der Waals surface area contributed by atoms with Gasteiger partial charge in [-0.15, -0.1) is 0 Å². The normalized spacial score (nSPS) is 18.5. The van der Waals surface area contributed by atoms with E-state index in [9.17, 15) is 8.42 Å². The van der Waals surface area contributed by atoms with Crippen LogP contribution < -0.4 is 9.62 Å². The molecule has 0 amide bonds. The smallest absolute Gasteiger partial charge is 0.240 e. The molecule has 2 aromatic carbocycles. The van der Waals surface area contributed by atoms with Crippen molar-refractivity contribution < 1.29 is 8.42 Å². The van der Waals surface area contributed by atoms with E-state index in [1.807, 2.05) is 12.1 Å². The minimum Gasteiger partial charge on any atom is -0.371 e. The van der Waals surface area contributed by atoms with Gasteiger partial charge in [-0.2, -0.15) is 0 Å². The van der Waals surface area contributed by atoms with Gasteiger partial charge in [-0.3, -0.25) is 0 Å². The highest BCUT2D eigenvalue weighted by Crippen LogP contribution is 2.23. The van der Waals surface area contributed by atoms with E-state index in [0.29, 0.717) is 11.4 Å². The Balaban J connectivity index is 1.62. The zero-order chi connectivity index (χ0) is 17.0. The van der Waals surface area contributed by atoms with E-state index < -0.39 is 10.0 Å². The highest BCUT2D eigenvalue weighted by molar-refractivity contribution is 7.89. The van der Waals surface area contributed by atoms with E-state index in [1.165, 1.54) is 18.5 Å². The fourth-order valence-corrected chi connectivity index (χ4v) is 4.15. The third-order valence-corrected chi connectivity index (χ3v) is 5.90. The second-order valence-corrected chi connectivity index (χ2v) is 8.26. The molecule has 1 heterocycles. The Morgan fingerprint density at radius 1 is 1.08 bits per heavy atom. The van der Waals surface area contributed by atoms with E-state index in [1.54, 1.807) is 30.3 Å². The predicted octanol–water partition coefficient (Wildman–Crippen LogP) is 3.40. The van der Waals surface area contributed by atoms with Crippen molar-refractivity contribution in [3.05, 3.63) is 60.2 Å². The minimum atomic E-state index is -3.46. The first-order valence-electron chi connectivity index (χ1n) is 8.43. The zero-order valence-electron chi connectivity index (χ0n) is 14.0. The van der Waals surface area contributed by atoms with Gasteiger partial charge in [0.25, 0.3) is 0 Å². The fraction of sp³-hybridized carbons (Fsp3) is 0.368. The van der Waals surface area contributed by atoms with Gasteiger partial charge in [0.1, 0.15) is 0 Å². The molecule has 0 radical (unpaired) electrons. The molecule has 1 fully saturated rings. The maximum atomic E-state index is 12.2. The molecule has 5 heteroatoms. The number of piperidine rings is 1. The highest BCUT2D eigenvalue weighted by atomic mass is 32.2. The zero-order valence-corrected chi connectivity index (χ0v) is 14.8. The second kappa shape index (κ2) is 7.36. The molecule has 1 saturated heterocycles. The SMILES string of the molecule is C[C@@H]1CCCN(c2ccc(CNS(=O)(=O)c3ccccc3)cc2)C1. The molecule has 1 aliphatic heterocycles. The average molecular weight is 344 g/mol. The topological polar surface area (TPSA) is 49.4 Å². The van der Waals surface area contributed by atoms with Gasteiger partial charge in [0.05, 0.1) is 4.90 Å². The Bertz CT molecular complexity index is 758. The molecule has 0 aromatic heterocycles. The first kappa shape index (κ1) is 17.0. The van der Waals surface area contributed by atoms with Gasteiger partial charge >= 0.3 is 0 Å². The van der Waals surface area contributed by atoms with E-state index in [2.05, 4.69) is 28.7 Å². The number of nitrogens with one attached hydrogen (secondary N) is 1. The molecule has 1 N–H and O–H groups in total. The van der Waals surface area contributed by atoms with E-state index in [4.69, 9.17) is 0 Å². The Morgan fingerprint density at radius 3 is 2.46 bits per heavy atom. The van der Waals surface area contributed by atoms with Crippen LogP contribution in [0.3, 0.4) is 0 Å². The molecule has 4 nitrogen and oxygen atoms in total. The number of nitrogens with zero attached hydrogens (tertiary/aromatic N) is 1. The Kier molecular flexibility index (Phi) is 5.21. The quantitative estimate of drug-likeness (QED) is 0.904. The summed E-state index contributed by atoms with van der Waals surface area (Å²) in [6.45, 7) is 4.79. The van der Waals surface area contributed by atoms with Gasteiger partial charge in [-0.1, -0.05) is 37.3 Å². The lowest BCUT2D eigenvalue weighted by Gasteiger charge is -2.32. The number of rotatable bonds is 5. The van der Waals surface area contributed by atoms with E-state index >= 15 is 0 Å². The monoisotopic (exact) mass is 344 g/mol. The minimum absolute atomic E-state index is 0.295. The number of sulfonamides is 1. The molecular formula is C19H24N2O2S. The molecule has 1 atom stereocenters. The molecule has 1 aliphatic rings. The largest absolute Gasteiger partial charge is 0.371 e. The van der Waals surface area contributed by atoms with Crippen LogP contribution >= 0.6 is 0 Å². The molecule has 0 unspecified atom stereocenters. The Labute approximate surface area is 144 Å². The van der Waals surface area contributed by atoms with Crippen LogP contribution in [0.2, 0.25) is 0 Å². The molecule has 3 rings (SSSR count). The van der Waals surface area contributed by atoms with Crippen LogP contribution in [0.5, 0.6) is 0 Å². The first-order valence-corrected chi connectivity index (χ1v) is 9.91. The summed E-state index contributed by atoms with van der Waals surface area (Å²) in [7, 11) is -3.46. The summed E-state index contributed by atoms with van der Waals surface area (Å²) in [4.78, 5) is 2.70. The first-order chi connectivity index (χ1) is 11.5. The molecular weight excluding hydrogens is 320 g/mol. The number of anilines is 1. The number of hydrogen-bond acceptors (Lipinski definition) is 3. The van der Waals surface area contributed by atoms with Crippen molar-refractivity contribution in [3.8, 4) is 0 Å². The van der Waals surface area contributed by atoms with Crippen molar-refractivity contribution in [1.82, 2.24) is 4.72 Å². The van der Waals surface area contributed by atoms with Crippen molar-refractivity contribution >= 4 is 15.7 Å². The van der Waals surface area contributed by atoms with Crippen molar-refractivity contribution in [2.75, 3.05) is 18.0 Å². The third kappa shape index (κ3) is 4.16. The van der Waals surface area contributed by atoms with Crippen LogP contribution in [0.15, 0.2) is 59.5 Å². The summed E-state index contributed by atoms with van der Waals surface area (Å²) in [6, 6.07) is 16.6. The lowest BCUT2D eigenvalue weighted by Crippen LogP contribution is -2.34. The van der Waals surface area contributed by atoms with E-state index in [0.717, 1.165) is 24.6 Å². The number of benzene rings is 2. The predicted molar refractivity (Wildman–Crippen MR) is 97.5 cm³/mol. The van der Waals surface area contributed by atoms with Gasteiger partial charge in [0.15, 0.2) is 0 Å². The standard InChI is InChI=1S/C19H24N2O2S/c1-16-6-5-13-21(15-16)18-11-9-17(10-12-18)14-20-24(22,23)19-7-3-2-4-8-19/h2-4,7-12,16,20H,5-6,13-15H2,1H3/t16-/m1/s1. The van der Waals surface area contributed by atoms with Crippen LogP contribution in [0.1, 0.15) is 25.3 Å². The summed E-state index contributed by atoms with van der Waals surface area (Å²) in [5.74, 6) is 0.733. The van der Waals surface area contributed by atoms with Crippen LogP contribution in [0.4, 0.5) is 5.69 Å². The Morgan fingerprint density at radius 2 is 1.79 bits per heavy atom. The number of hydrogen-bond donors (Lipinski definition) is 1. The summed E-state index contributed by atoms with van der Waals surface area (Å²) in [6.07, 6.45) is 2.54. The average Bonchev–Trinajstić information content (AvgIpc) is 2.61. The van der Waals surface area contributed by atoms with Crippen LogP contribution in [0, 0.1) is 5.92 Å². The summed E-state index contributed by atoms with van der Waals surface area (Å²) in [5, 5.41) is 0. The van der Waals surface area contributed by atoms with Gasteiger partial charge in [-0.25, -0.2) is 13.1 Å². The molecule has 0 bridgehead atoms. The third-order valence-electron chi connectivity index (χ3n) is 4.48. The van der Waals surface area contributed by atoms with Crippen LogP contribution in [-0.2, 0) is 16.6 Å². The molecule has 128 valence electrons. The molecule has 0 saturated carbocycles. The highest BCUT2D eigenvalue weighted by Gasteiger charge is 2.17. The van der Waals surface area contributed by atoms with Crippen molar-refractivity contribution in [1.29, 1.82) is 0 Å². The van der Waals surface area contributed by atoms with Gasteiger partial charge in [-0.05, 0) is 48.6 Å². The molecule has 0 spiro atoms. The summed E-state index contributed by atoms with van der Waals surface area (Å²) in [5.41, 5.74) is 2.18. The summed E-state index contributed by atoms with van der Waals surface area (Å²) >= 11 is 0. The van der Waals surface area contributed by atoms with Crippen LogP contribution in [-0.4, -0.2) is 21.5 Å². The van der Waals surface area contributed by atoms with Gasteiger partial charge in [0, 0.05) is 25.3 Å². The Hall–Kier alpha value is -1.85. The second-order valence-electron chi connectivity index (χ2n) is 6.50.